The summed E-state index contributed by atoms with van der Waals surface area (Å²) in [5.41, 5.74) is 1.50. The maximum absolute atomic E-state index is 10.4. The number of rotatable bonds is 8. The first-order valence-electron chi connectivity index (χ1n) is 10.6. The van der Waals surface area contributed by atoms with Crippen molar-refractivity contribution < 1.29 is 10.2 Å². The molecule has 0 bridgehead atoms. The summed E-state index contributed by atoms with van der Waals surface area (Å²) in [4.78, 5) is 8.92. The maximum Gasteiger partial charge on any atom is 0.132 e. The van der Waals surface area contributed by atoms with E-state index in [1.54, 1.807) is 12.4 Å². The molecule has 0 atom stereocenters. The fraction of sp³-hybridized carbons (Fsp3) is 0.185. The number of phenols is 2. The lowest BCUT2D eigenvalue weighted by Crippen LogP contribution is -1.90. The second-order valence-electron chi connectivity index (χ2n) is 7.58. The topological polar surface area (TPSA) is 65.2 Å². The van der Waals surface area contributed by atoms with E-state index in [2.05, 4.69) is 9.98 Å². The molecule has 4 rings (SSSR count). The first kappa shape index (κ1) is 20.6. The number of benzene rings is 4. The van der Waals surface area contributed by atoms with Crippen molar-refractivity contribution in [1.29, 1.82) is 0 Å². The van der Waals surface area contributed by atoms with Crippen LogP contribution in [0.2, 0.25) is 0 Å². The van der Waals surface area contributed by atoms with E-state index in [4.69, 9.17) is 0 Å². The number of hydrogen-bond donors (Lipinski definition) is 2. The Kier molecular flexibility index (Phi) is 6.58. The SMILES string of the molecule is Oc1c(C=NCCCCCN=Cc2ccc3ccccc3c2O)ccc2ccccc12. The van der Waals surface area contributed by atoms with Crippen molar-refractivity contribution in [1.82, 2.24) is 0 Å². The summed E-state index contributed by atoms with van der Waals surface area (Å²) in [5.74, 6) is 0.571. The first-order chi connectivity index (χ1) is 15.2. The average Bonchev–Trinajstić information content (AvgIpc) is 2.81. The van der Waals surface area contributed by atoms with Crippen LogP contribution in [-0.4, -0.2) is 35.7 Å². The summed E-state index contributed by atoms with van der Waals surface area (Å²) in [5, 5.41) is 24.5. The summed E-state index contributed by atoms with van der Waals surface area (Å²) >= 11 is 0. The van der Waals surface area contributed by atoms with E-state index in [0.717, 1.165) is 65.0 Å². The summed E-state index contributed by atoms with van der Waals surface area (Å²) in [6.45, 7) is 1.45. The van der Waals surface area contributed by atoms with Gasteiger partial charge in [0.2, 0.25) is 0 Å². The summed E-state index contributed by atoms with van der Waals surface area (Å²) in [7, 11) is 0. The standard InChI is InChI=1S/C27H26N2O2/c30-26-22(14-12-20-8-2-4-10-24(20)26)18-28-16-6-1-7-17-29-19-23-15-13-21-9-3-5-11-25(21)27(23)31/h2-5,8-15,18-19,30-31H,1,6-7,16-17H2. The number of hydrogen-bond acceptors (Lipinski definition) is 4. The van der Waals surface area contributed by atoms with E-state index in [0.29, 0.717) is 0 Å². The molecule has 0 aliphatic heterocycles. The average molecular weight is 411 g/mol. The van der Waals surface area contributed by atoms with Gasteiger partial charge in [-0.15, -0.1) is 0 Å². The monoisotopic (exact) mass is 410 g/mol. The quantitative estimate of drug-likeness (QED) is 0.272. The summed E-state index contributed by atoms with van der Waals surface area (Å²) in [6.07, 6.45) is 6.48. The molecule has 0 amide bonds. The van der Waals surface area contributed by atoms with Gasteiger partial charge < -0.3 is 10.2 Å². The van der Waals surface area contributed by atoms with Crippen LogP contribution in [0.5, 0.6) is 11.5 Å². The Balaban J connectivity index is 1.21. The molecule has 0 aromatic heterocycles. The molecule has 2 N–H and O–H groups in total. The van der Waals surface area contributed by atoms with Crippen molar-refractivity contribution in [2.24, 2.45) is 9.98 Å². The normalized spacial score (nSPS) is 11.9. The van der Waals surface area contributed by atoms with Crippen molar-refractivity contribution >= 4 is 34.0 Å². The van der Waals surface area contributed by atoms with Crippen molar-refractivity contribution in [2.75, 3.05) is 13.1 Å². The van der Waals surface area contributed by atoms with Crippen LogP contribution >= 0.6 is 0 Å². The van der Waals surface area contributed by atoms with Crippen LogP contribution in [0.3, 0.4) is 0 Å². The van der Waals surface area contributed by atoms with Gasteiger partial charge in [-0.1, -0.05) is 60.7 Å². The van der Waals surface area contributed by atoms with Crippen LogP contribution in [0.4, 0.5) is 0 Å². The second-order valence-corrected chi connectivity index (χ2v) is 7.58. The Labute approximate surface area is 182 Å². The number of nitrogens with zero attached hydrogens (tertiary/aromatic N) is 2. The number of fused-ring (bicyclic) bond motifs is 2. The van der Waals surface area contributed by atoms with E-state index in [1.807, 2.05) is 72.8 Å². The molecule has 31 heavy (non-hydrogen) atoms. The number of phenolic OH excluding ortho intramolecular Hbond substituents is 2. The smallest absolute Gasteiger partial charge is 0.132 e. The Morgan fingerprint density at radius 2 is 1.00 bits per heavy atom. The molecular formula is C27H26N2O2. The minimum Gasteiger partial charge on any atom is -0.507 e. The minimum atomic E-state index is 0.285. The van der Waals surface area contributed by atoms with Crippen molar-refractivity contribution in [3.05, 3.63) is 83.9 Å². The molecule has 0 spiro atoms. The highest BCUT2D eigenvalue weighted by molar-refractivity contribution is 5.97. The van der Waals surface area contributed by atoms with Crippen LogP contribution < -0.4 is 0 Å². The van der Waals surface area contributed by atoms with Gasteiger partial charge in [-0.25, -0.2) is 0 Å². The highest BCUT2D eigenvalue weighted by Gasteiger charge is 2.04. The zero-order chi connectivity index (χ0) is 21.5. The van der Waals surface area contributed by atoms with Gasteiger partial charge >= 0.3 is 0 Å². The Hall–Kier alpha value is -3.66. The Morgan fingerprint density at radius 3 is 1.48 bits per heavy atom. The van der Waals surface area contributed by atoms with Crippen LogP contribution in [-0.2, 0) is 0 Å². The molecule has 0 radical (unpaired) electrons. The van der Waals surface area contributed by atoms with Gasteiger partial charge in [-0.2, -0.15) is 0 Å². The van der Waals surface area contributed by atoms with Gasteiger partial charge in [0.25, 0.3) is 0 Å². The van der Waals surface area contributed by atoms with E-state index < -0.39 is 0 Å². The van der Waals surface area contributed by atoms with Gasteiger partial charge in [0.05, 0.1) is 0 Å². The first-order valence-corrected chi connectivity index (χ1v) is 10.6. The molecule has 0 heterocycles. The third-order valence-electron chi connectivity index (χ3n) is 5.40. The molecule has 0 fully saturated rings. The van der Waals surface area contributed by atoms with Crippen molar-refractivity contribution in [2.45, 2.75) is 19.3 Å². The predicted molar refractivity (Wildman–Crippen MR) is 130 cm³/mol. The lowest BCUT2D eigenvalue weighted by Gasteiger charge is -2.04. The third kappa shape index (κ3) is 4.92. The molecular weight excluding hydrogens is 384 g/mol. The van der Waals surface area contributed by atoms with Crippen LogP contribution in [0.1, 0.15) is 30.4 Å². The van der Waals surface area contributed by atoms with E-state index >= 15 is 0 Å². The van der Waals surface area contributed by atoms with Gasteiger partial charge in [0, 0.05) is 47.4 Å². The number of unbranched alkanes of at least 4 members (excludes halogenated alkanes) is 2. The molecule has 0 aliphatic rings. The van der Waals surface area contributed by atoms with E-state index in [9.17, 15) is 10.2 Å². The summed E-state index contributed by atoms with van der Waals surface area (Å²) in [6, 6.07) is 23.4. The fourth-order valence-electron chi connectivity index (χ4n) is 3.66. The van der Waals surface area contributed by atoms with Gasteiger partial charge in [0.15, 0.2) is 0 Å². The maximum atomic E-state index is 10.4. The Morgan fingerprint density at radius 1 is 0.548 bits per heavy atom. The minimum absolute atomic E-state index is 0.285. The predicted octanol–water partition coefficient (Wildman–Crippen LogP) is 6.11. The van der Waals surface area contributed by atoms with Crippen LogP contribution in [0.15, 0.2) is 82.8 Å². The molecule has 4 aromatic carbocycles. The highest BCUT2D eigenvalue weighted by atomic mass is 16.3. The van der Waals surface area contributed by atoms with Crippen molar-refractivity contribution in [3.63, 3.8) is 0 Å². The molecule has 0 aliphatic carbocycles. The molecule has 0 saturated carbocycles. The number of aromatic hydroxyl groups is 2. The molecule has 4 nitrogen and oxygen atoms in total. The highest BCUT2D eigenvalue weighted by Crippen LogP contribution is 2.28. The van der Waals surface area contributed by atoms with Gasteiger partial charge in [-0.05, 0) is 42.2 Å². The van der Waals surface area contributed by atoms with Gasteiger partial charge in [0.1, 0.15) is 11.5 Å². The number of aliphatic imine (C=N–C) groups is 2. The third-order valence-corrected chi connectivity index (χ3v) is 5.40. The largest absolute Gasteiger partial charge is 0.507 e. The molecule has 4 heteroatoms. The van der Waals surface area contributed by atoms with Crippen LogP contribution in [0.25, 0.3) is 21.5 Å². The zero-order valence-corrected chi connectivity index (χ0v) is 17.4. The fourth-order valence-corrected chi connectivity index (χ4v) is 3.66. The molecule has 156 valence electrons. The lowest BCUT2D eigenvalue weighted by molar-refractivity contribution is 0.480. The van der Waals surface area contributed by atoms with Crippen molar-refractivity contribution in [3.8, 4) is 11.5 Å². The lowest BCUT2D eigenvalue weighted by atomic mass is 10.1. The van der Waals surface area contributed by atoms with E-state index in [-0.39, 0.29) is 11.5 Å². The van der Waals surface area contributed by atoms with Crippen LogP contribution in [0, 0.1) is 0 Å². The summed E-state index contributed by atoms with van der Waals surface area (Å²) < 4.78 is 0. The molecule has 0 saturated heterocycles. The molecule has 0 unspecified atom stereocenters. The van der Waals surface area contributed by atoms with Gasteiger partial charge in [-0.3, -0.25) is 9.98 Å². The zero-order valence-electron chi connectivity index (χ0n) is 17.4. The molecule has 4 aromatic rings. The van der Waals surface area contributed by atoms with E-state index in [1.165, 1.54) is 0 Å². The Bertz CT molecular complexity index is 1150. The second kappa shape index (κ2) is 9.90.